The first kappa shape index (κ1) is 21.4. The fourth-order valence-electron chi connectivity index (χ4n) is 3.05. The minimum Gasteiger partial charge on any atom is -0.320 e. The molecule has 10 heteroatoms. The number of rotatable bonds is 3. The Morgan fingerprint density at radius 2 is 1.66 bits per heavy atom. The van der Waals surface area contributed by atoms with Crippen molar-refractivity contribution in [3.8, 4) is 0 Å². The van der Waals surface area contributed by atoms with Gasteiger partial charge in [-0.1, -0.05) is 17.7 Å². The van der Waals surface area contributed by atoms with Crippen molar-refractivity contribution >= 4 is 52.0 Å². The highest BCUT2D eigenvalue weighted by atomic mass is 35.5. The molecule has 0 saturated heterocycles. The lowest BCUT2D eigenvalue weighted by Crippen LogP contribution is -2.19. The highest BCUT2D eigenvalue weighted by Gasteiger charge is 2.30. The van der Waals surface area contributed by atoms with Crippen LogP contribution >= 0.6 is 11.6 Å². The highest BCUT2D eigenvalue weighted by molar-refractivity contribution is 6.54. The summed E-state index contributed by atoms with van der Waals surface area (Å²) in [6, 6.07) is 14.9. The van der Waals surface area contributed by atoms with Crippen LogP contribution in [-0.4, -0.2) is 17.6 Å². The quantitative estimate of drug-likeness (QED) is 0.444. The molecule has 1 aliphatic heterocycles. The zero-order chi connectivity index (χ0) is 22.9. The van der Waals surface area contributed by atoms with Crippen LogP contribution in [0, 0.1) is 0 Å². The minimum absolute atomic E-state index is 0.00455. The maximum Gasteiger partial charge on any atom is 0.416 e. The summed E-state index contributed by atoms with van der Waals surface area (Å²) in [5, 5.41) is 8.06. The van der Waals surface area contributed by atoms with Gasteiger partial charge in [0.2, 0.25) is 0 Å². The topological polar surface area (TPSA) is 82.6 Å². The standard InChI is InChI=1S/C22H14ClF3N4O2/c23-13-4-9-18-17(11-13)19(20(31)30-18)27-14-5-7-15(8-6-14)28-21(32)29-16-3-1-2-12(10-16)22(24,25)26/h1-11H,(H,27,30,31)(H2,28,29,32). The van der Waals surface area contributed by atoms with Crippen LogP contribution in [0.1, 0.15) is 11.1 Å². The third-order valence-electron chi connectivity index (χ3n) is 4.51. The first-order chi connectivity index (χ1) is 15.2. The van der Waals surface area contributed by atoms with Crippen LogP contribution in [0.5, 0.6) is 0 Å². The van der Waals surface area contributed by atoms with Gasteiger partial charge in [-0.05, 0) is 60.7 Å². The van der Waals surface area contributed by atoms with Crippen LogP contribution in [0.3, 0.4) is 0 Å². The number of hydrogen-bond acceptors (Lipinski definition) is 3. The zero-order valence-electron chi connectivity index (χ0n) is 16.1. The summed E-state index contributed by atoms with van der Waals surface area (Å²) >= 11 is 6.00. The second-order valence-corrected chi connectivity index (χ2v) is 7.25. The van der Waals surface area contributed by atoms with E-state index in [4.69, 9.17) is 11.6 Å². The van der Waals surface area contributed by atoms with E-state index in [1.807, 2.05) is 0 Å². The Bertz CT molecular complexity index is 1240. The van der Waals surface area contributed by atoms with Gasteiger partial charge >= 0.3 is 12.2 Å². The van der Waals surface area contributed by atoms with E-state index in [2.05, 4.69) is 20.9 Å². The number of nitrogens with zero attached hydrogens (tertiary/aromatic N) is 1. The summed E-state index contributed by atoms with van der Waals surface area (Å²) in [5.74, 6) is -0.357. The number of anilines is 3. The van der Waals surface area contributed by atoms with E-state index in [1.54, 1.807) is 42.5 Å². The van der Waals surface area contributed by atoms with Crippen LogP contribution in [0.25, 0.3) is 0 Å². The van der Waals surface area contributed by atoms with Gasteiger partial charge < -0.3 is 16.0 Å². The molecular weight excluding hydrogens is 445 g/mol. The van der Waals surface area contributed by atoms with Gasteiger partial charge in [0, 0.05) is 22.0 Å². The fraction of sp³-hybridized carbons (Fsp3) is 0.0455. The third-order valence-corrected chi connectivity index (χ3v) is 4.75. The van der Waals surface area contributed by atoms with Gasteiger partial charge in [0.1, 0.15) is 5.71 Å². The van der Waals surface area contributed by atoms with Gasteiger partial charge in [-0.15, -0.1) is 0 Å². The number of alkyl halides is 3. The largest absolute Gasteiger partial charge is 0.416 e. The minimum atomic E-state index is -4.51. The zero-order valence-corrected chi connectivity index (χ0v) is 16.9. The Morgan fingerprint density at radius 3 is 2.38 bits per heavy atom. The Labute approximate surface area is 185 Å². The molecule has 0 radical (unpaired) electrons. The summed E-state index contributed by atoms with van der Waals surface area (Å²) in [4.78, 5) is 28.7. The molecule has 4 rings (SSSR count). The molecule has 3 amide bonds. The predicted molar refractivity (Wildman–Crippen MR) is 117 cm³/mol. The van der Waals surface area contributed by atoms with Crippen molar-refractivity contribution in [1.29, 1.82) is 0 Å². The third kappa shape index (κ3) is 4.73. The molecule has 3 aromatic rings. The Balaban J connectivity index is 1.45. The van der Waals surface area contributed by atoms with Crippen molar-refractivity contribution in [2.45, 2.75) is 6.18 Å². The number of fused-ring (bicyclic) bond motifs is 1. The number of carbonyl (C=O) groups excluding carboxylic acids is 2. The summed E-state index contributed by atoms with van der Waals surface area (Å²) in [7, 11) is 0. The van der Waals surface area contributed by atoms with Crippen LogP contribution in [0.2, 0.25) is 5.02 Å². The number of halogens is 4. The van der Waals surface area contributed by atoms with E-state index in [0.717, 1.165) is 12.1 Å². The monoisotopic (exact) mass is 458 g/mol. The average molecular weight is 459 g/mol. The van der Waals surface area contributed by atoms with Crippen molar-refractivity contribution < 1.29 is 22.8 Å². The number of nitrogens with one attached hydrogen (secondary N) is 3. The van der Waals surface area contributed by atoms with Crippen molar-refractivity contribution in [1.82, 2.24) is 0 Å². The van der Waals surface area contributed by atoms with Gasteiger partial charge in [-0.3, -0.25) is 4.79 Å². The lowest BCUT2D eigenvalue weighted by molar-refractivity contribution is -0.137. The molecule has 0 atom stereocenters. The normalized spacial score (nSPS) is 14.1. The molecule has 6 nitrogen and oxygen atoms in total. The first-order valence-corrected chi connectivity index (χ1v) is 9.62. The molecule has 0 unspecified atom stereocenters. The molecule has 32 heavy (non-hydrogen) atoms. The Hall–Kier alpha value is -3.85. The van der Waals surface area contributed by atoms with Gasteiger partial charge in [-0.25, -0.2) is 9.79 Å². The summed E-state index contributed by atoms with van der Waals surface area (Å²) in [5.41, 5.74) is 1.41. The van der Waals surface area contributed by atoms with Gasteiger partial charge in [-0.2, -0.15) is 13.2 Å². The SMILES string of the molecule is O=C(Nc1ccc(N=C2C(=O)Nc3ccc(Cl)cc32)cc1)Nc1cccc(C(F)(F)F)c1. The second-order valence-electron chi connectivity index (χ2n) is 6.81. The number of carbonyl (C=O) groups is 2. The molecule has 0 aromatic heterocycles. The lowest BCUT2D eigenvalue weighted by atomic mass is 10.1. The van der Waals surface area contributed by atoms with Gasteiger partial charge in [0.05, 0.1) is 16.9 Å². The maximum absolute atomic E-state index is 12.8. The van der Waals surface area contributed by atoms with E-state index in [-0.39, 0.29) is 17.3 Å². The van der Waals surface area contributed by atoms with Crippen LogP contribution in [-0.2, 0) is 11.0 Å². The predicted octanol–water partition coefficient (Wildman–Crippen LogP) is 6.08. The summed E-state index contributed by atoms with van der Waals surface area (Å²) in [6.45, 7) is 0. The average Bonchev–Trinajstić information content (AvgIpc) is 3.03. The molecule has 1 aliphatic rings. The number of aliphatic imine (C=N–C) groups is 1. The summed E-state index contributed by atoms with van der Waals surface area (Å²) in [6.07, 6.45) is -4.51. The van der Waals surface area contributed by atoms with Crippen molar-refractivity contribution in [3.63, 3.8) is 0 Å². The number of hydrogen-bond donors (Lipinski definition) is 3. The lowest BCUT2D eigenvalue weighted by Gasteiger charge is -2.11. The van der Waals surface area contributed by atoms with E-state index in [1.165, 1.54) is 12.1 Å². The molecule has 3 aromatic carbocycles. The number of amides is 3. The maximum atomic E-state index is 12.8. The Morgan fingerprint density at radius 1 is 0.938 bits per heavy atom. The number of urea groups is 1. The summed E-state index contributed by atoms with van der Waals surface area (Å²) < 4.78 is 38.4. The highest BCUT2D eigenvalue weighted by Crippen LogP contribution is 2.31. The van der Waals surface area contributed by atoms with Gasteiger partial charge in [0.15, 0.2) is 0 Å². The van der Waals surface area contributed by atoms with Gasteiger partial charge in [0.25, 0.3) is 5.91 Å². The smallest absolute Gasteiger partial charge is 0.320 e. The fourth-order valence-corrected chi connectivity index (χ4v) is 3.22. The molecule has 0 fully saturated rings. The van der Waals surface area contributed by atoms with Crippen LogP contribution in [0.15, 0.2) is 71.7 Å². The van der Waals surface area contributed by atoms with Crippen LogP contribution < -0.4 is 16.0 Å². The molecular formula is C22H14ClF3N4O2. The van der Waals surface area contributed by atoms with Crippen LogP contribution in [0.4, 0.5) is 40.7 Å². The second kappa shape index (κ2) is 8.35. The molecule has 1 heterocycles. The molecule has 162 valence electrons. The van der Waals surface area contributed by atoms with E-state index >= 15 is 0 Å². The van der Waals surface area contributed by atoms with Crippen molar-refractivity contribution in [2.75, 3.05) is 16.0 Å². The molecule has 3 N–H and O–H groups in total. The first-order valence-electron chi connectivity index (χ1n) is 9.24. The van der Waals surface area contributed by atoms with E-state index in [0.29, 0.717) is 27.6 Å². The Kier molecular flexibility index (Phi) is 5.58. The van der Waals surface area contributed by atoms with E-state index < -0.39 is 17.8 Å². The van der Waals surface area contributed by atoms with Crippen molar-refractivity contribution in [3.05, 3.63) is 82.9 Å². The molecule has 0 spiro atoms. The van der Waals surface area contributed by atoms with Crippen molar-refractivity contribution in [2.24, 2.45) is 4.99 Å². The number of benzene rings is 3. The molecule has 0 bridgehead atoms. The molecule has 0 saturated carbocycles. The molecule has 0 aliphatic carbocycles. The van der Waals surface area contributed by atoms with E-state index in [9.17, 15) is 22.8 Å².